The van der Waals surface area contributed by atoms with Crippen molar-refractivity contribution in [3.8, 4) is 5.75 Å². The van der Waals surface area contributed by atoms with Crippen LogP contribution in [-0.4, -0.2) is 23.0 Å². The van der Waals surface area contributed by atoms with Crippen LogP contribution in [0.25, 0.3) is 21.8 Å². The summed E-state index contributed by atoms with van der Waals surface area (Å²) in [4.78, 5) is 12.3. The first-order valence-electron chi connectivity index (χ1n) is 8.84. The van der Waals surface area contributed by atoms with Crippen LogP contribution in [0.15, 0.2) is 36.4 Å². The molecule has 4 rings (SSSR count). The lowest BCUT2D eigenvalue weighted by Gasteiger charge is -2.24. The Morgan fingerprint density at radius 2 is 1.76 bits per heavy atom. The van der Waals surface area contributed by atoms with E-state index >= 15 is 0 Å². The highest BCUT2D eigenvalue weighted by molar-refractivity contribution is 7.80. The molecule has 3 aromatic rings. The highest BCUT2D eigenvalue weighted by Crippen LogP contribution is 2.35. The monoisotopic (exact) mass is 351 g/mol. The van der Waals surface area contributed by atoms with Crippen LogP contribution >= 0.6 is 12.2 Å². The Morgan fingerprint density at radius 1 is 1.08 bits per heavy atom. The Bertz CT molecular complexity index is 967. The molecule has 0 amide bonds. The zero-order valence-electron chi connectivity index (χ0n) is 14.3. The number of hydrogen-bond acceptors (Lipinski definition) is 3. The number of aromatic nitrogens is 1. The number of fused-ring (bicyclic) bond motifs is 3. The lowest BCUT2D eigenvalue weighted by Crippen LogP contribution is -2.22. The van der Waals surface area contributed by atoms with Gasteiger partial charge in [-0.05, 0) is 31.0 Å². The second kappa shape index (κ2) is 6.60. The average Bonchev–Trinajstić information content (AvgIpc) is 3.00. The van der Waals surface area contributed by atoms with Crippen LogP contribution in [0, 0.1) is 5.92 Å². The summed E-state index contributed by atoms with van der Waals surface area (Å²) in [5.41, 5.74) is 2.76. The molecule has 0 bridgehead atoms. The molecule has 25 heavy (non-hydrogen) atoms. The number of hydrogen-bond donors (Lipinski definition) is 0. The third-order valence-electron chi connectivity index (χ3n) is 5.31. The van der Waals surface area contributed by atoms with E-state index < -0.39 is 0 Å². The lowest BCUT2D eigenvalue weighted by molar-refractivity contribution is 0.112. The molecule has 0 aliphatic heterocycles. The molecule has 0 unspecified atom stereocenters. The molecule has 2 aromatic carbocycles. The molecule has 0 N–H and O–H groups in total. The quantitative estimate of drug-likeness (QED) is 0.469. The number of carbonyl (C=O) groups is 1. The fourth-order valence-electron chi connectivity index (χ4n) is 3.99. The number of rotatable bonds is 3. The summed E-state index contributed by atoms with van der Waals surface area (Å²) in [6.07, 6.45) is 6.98. The number of thiocarbonyl (C=S) groups is 1. The molecule has 4 heteroatoms. The van der Waals surface area contributed by atoms with E-state index in [2.05, 4.69) is 10.6 Å². The molecule has 3 nitrogen and oxygen atoms in total. The van der Waals surface area contributed by atoms with Gasteiger partial charge in [0.25, 0.3) is 0 Å². The van der Waals surface area contributed by atoms with Gasteiger partial charge in [-0.2, -0.15) is 0 Å². The molecule has 0 radical (unpaired) electrons. The third kappa shape index (κ3) is 2.74. The smallest absolute Gasteiger partial charge is 0.150 e. The van der Waals surface area contributed by atoms with Crippen molar-refractivity contribution in [3.63, 3.8) is 0 Å². The molecule has 1 aromatic heterocycles. The Labute approximate surface area is 152 Å². The number of methoxy groups -OCH3 is 1. The largest absolute Gasteiger partial charge is 0.497 e. The number of carbonyl (C=O) groups excluding carboxylic acids is 1. The van der Waals surface area contributed by atoms with E-state index in [1.54, 1.807) is 7.11 Å². The Hall–Kier alpha value is -2.20. The van der Waals surface area contributed by atoms with Gasteiger partial charge in [0.05, 0.1) is 23.1 Å². The minimum atomic E-state index is 0.425. The van der Waals surface area contributed by atoms with Crippen LogP contribution in [0.2, 0.25) is 0 Å². The minimum Gasteiger partial charge on any atom is -0.497 e. The Morgan fingerprint density at radius 3 is 2.44 bits per heavy atom. The predicted molar refractivity (Wildman–Crippen MR) is 106 cm³/mol. The standard InChI is InChI=1S/C21H21NO2S/c1-24-16-8-10-18-17-9-7-14(13-23)11-19(17)22(20(18)12-16)21(25)15-5-3-2-4-6-15/h7-13,15H,2-6H2,1H3. The summed E-state index contributed by atoms with van der Waals surface area (Å²) in [6, 6.07) is 11.9. The van der Waals surface area contributed by atoms with Gasteiger partial charge in [0.15, 0.2) is 0 Å². The van der Waals surface area contributed by atoms with Gasteiger partial charge in [-0.15, -0.1) is 0 Å². The van der Waals surface area contributed by atoms with Crippen LogP contribution in [-0.2, 0) is 0 Å². The minimum absolute atomic E-state index is 0.425. The van der Waals surface area contributed by atoms with E-state index in [1.165, 1.54) is 19.3 Å². The zero-order chi connectivity index (χ0) is 17.4. The maximum Gasteiger partial charge on any atom is 0.150 e. The van der Waals surface area contributed by atoms with Gasteiger partial charge in [-0.3, -0.25) is 4.79 Å². The molecular weight excluding hydrogens is 330 g/mol. The van der Waals surface area contributed by atoms with Gasteiger partial charge in [-0.25, -0.2) is 0 Å². The second-order valence-electron chi connectivity index (χ2n) is 6.79. The molecular formula is C21H21NO2S. The topological polar surface area (TPSA) is 31.2 Å². The molecule has 0 saturated heterocycles. The Kier molecular flexibility index (Phi) is 4.30. The fraction of sp³-hybridized carbons (Fsp3) is 0.333. The van der Waals surface area contributed by atoms with Crippen molar-refractivity contribution < 1.29 is 9.53 Å². The maximum absolute atomic E-state index is 11.3. The van der Waals surface area contributed by atoms with Crippen molar-refractivity contribution in [1.82, 2.24) is 4.57 Å². The number of aldehydes is 1. The molecule has 1 saturated carbocycles. The molecule has 0 spiro atoms. The first kappa shape index (κ1) is 16.3. The van der Waals surface area contributed by atoms with E-state index in [-0.39, 0.29) is 0 Å². The summed E-state index contributed by atoms with van der Waals surface area (Å²) < 4.78 is 7.60. The first-order valence-corrected chi connectivity index (χ1v) is 9.25. The van der Waals surface area contributed by atoms with Crippen molar-refractivity contribution in [2.24, 2.45) is 5.92 Å². The van der Waals surface area contributed by atoms with Gasteiger partial charge >= 0.3 is 0 Å². The normalized spacial score (nSPS) is 15.6. The van der Waals surface area contributed by atoms with Gasteiger partial charge < -0.3 is 9.30 Å². The van der Waals surface area contributed by atoms with Crippen molar-refractivity contribution in [2.75, 3.05) is 7.11 Å². The van der Waals surface area contributed by atoms with Crippen molar-refractivity contribution >= 4 is 45.3 Å². The molecule has 1 aliphatic carbocycles. The van der Waals surface area contributed by atoms with Crippen LogP contribution in [0.3, 0.4) is 0 Å². The molecule has 1 fully saturated rings. The summed E-state index contributed by atoms with van der Waals surface area (Å²) in [5, 5.41) is 2.27. The second-order valence-corrected chi connectivity index (χ2v) is 7.20. The van der Waals surface area contributed by atoms with Crippen LogP contribution in [0.1, 0.15) is 42.5 Å². The van der Waals surface area contributed by atoms with E-state index in [0.29, 0.717) is 11.5 Å². The summed E-state index contributed by atoms with van der Waals surface area (Å²) in [7, 11) is 1.68. The Balaban J connectivity index is 1.99. The molecule has 128 valence electrons. The highest BCUT2D eigenvalue weighted by Gasteiger charge is 2.23. The van der Waals surface area contributed by atoms with Crippen molar-refractivity contribution in [2.45, 2.75) is 32.1 Å². The van der Waals surface area contributed by atoms with Crippen LogP contribution in [0.5, 0.6) is 5.75 Å². The molecule has 1 heterocycles. The van der Waals surface area contributed by atoms with Gasteiger partial charge in [0, 0.05) is 28.3 Å². The predicted octanol–water partition coefficient (Wildman–Crippen LogP) is 5.37. The third-order valence-corrected chi connectivity index (χ3v) is 5.83. The lowest BCUT2D eigenvalue weighted by atomic mass is 9.89. The number of benzene rings is 2. The zero-order valence-corrected chi connectivity index (χ0v) is 15.1. The summed E-state index contributed by atoms with van der Waals surface area (Å²) >= 11 is 5.94. The molecule has 0 atom stereocenters. The SMILES string of the molecule is COc1ccc2c3ccc(C=O)cc3n(C(=S)C3CCCCC3)c2c1. The van der Waals surface area contributed by atoms with E-state index in [1.807, 2.05) is 30.3 Å². The first-order chi connectivity index (χ1) is 12.2. The van der Waals surface area contributed by atoms with Crippen LogP contribution < -0.4 is 4.74 Å². The molecule has 1 aliphatic rings. The summed E-state index contributed by atoms with van der Waals surface area (Å²) in [5.74, 6) is 1.24. The highest BCUT2D eigenvalue weighted by atomic mass is 32.1. The number of nitrogens with zero attached hydrogens (tertiary/aromatic N) is 1. The van der Waals surface area contributed by atoms with Crippen molar-refractivity contribution in [3.05, 3.63) is 42.0 Å². The van der Waals surface area contributed by atoms with Gasteiger partial charge in [0.2, 0.25) is 0 Å². The average molecular weight is 351 g/mol. The maximum atomic E-state index is 11.3. The van der Waals surface area contributed by atoms with E-state index in [9.17, 15) is 4.79 Å². The van der Waals surface area contributed by atoms with E-state index in [0.717, 1.165) is 51.7 Å². The van der Waals surface area contributed by atoms with Crippen molar-refractivity contribution in [1.29, 1.82) is 0 Å². The fourth-order valence-corrected chi connectivity index (χ4v) is 4.42. The number of ether oxygens (including phenoxy) is 1. The van der Waals surface area contributed by atoms with E-state index in [4.69, 9.17) is 17.0 Å². The van der Waals surface area contributed by atoms with Gasteiger partial charge in [0.1, 0.15) is 12.0 Å². The summed E-state index contributed by atoms with van der Waals surface area (Å²) in [6.45, 7) is 0. The van der Waals surface area contributed by atoms with Crippen LogP contribution in [0.4, 0.5) is 0 Å². The van der Waals surface area contributed by atoms with Gasteiger partial charge in [-0.1, -0.05) is 43.6 Å².